The number of rotatable bonds is 3. The van der Waals surface area contributed by atoms with Crippen LogP contribution >= 0.6 is 0 Å². The van der Waals surface area contributed by atoms with Crippen molar-refractivity contribution in [1.29, 1.82) is 0 Å². The zero-order valence-electron chi connectivity index (χ0n) is 23.4. The molecule has 1 nitrogen and oxygen atoms in total. The van der Waals surface area contributed by atoms with Crippen LogP contribution in [0.4, 0.5) is 0 Å². The molecule has 0 fully saturated rings. The Morgan fingerprint density at radius 3 is 1.32 bits per heavy atom. The highest BCUT2D eigenvalue weighted by Crippen LogP contribution is 2.40. The van der Waals surface area contributed by atoms with Crippen molar-refractivity contribution in [2.75, 3.05) is 0 Å². The van der Waals surface area contributed by atoms with Gasteiger partial charge in [-0.25, -0.2) is 0 Å². The van der Waals surface area contributed by atoms with E-state index in [1.165, 1.54) is 65.4 Å². The average molecular weight is 540 g/mol. The molecule has 2 heterocycles. The highest BCUT2D eigenvalue weighted by Gasteiger charge is 2.42. The first-order valence-electron chi connectivity index (χ1n) is 14.5. The molecular formula is C38H30BNSi. The molecule has 0 radical (unpaired) electrons. The van der Waals surface area contributed by atoms with E-state index in [-0.39, 0.29) is 6.85 Å². The summed E-state index contributed by atoms with van der Waals surface area (Å²) in [5, 5.41) is 5.67. The van der Waals surface area contributed by atoms with Gasteiger partial charge in [0.2, 0.25) is 0 Å². The molecule has 0 N–H and O–H groups in total. The molecule has 0 unspecified atom stereocenters. The molecule has 1 aliphatic rings. The molecular weight excluding hydrogens is 509 g/mol. The Balaban J connectivity index is 1.60. The number of aromatic nitrogens is 1. The predicted molar refractivity (Wildman–Crippen MR) is 180 cm³/mol. The van der Waals surface area contributed by atoms with Gasteiger partial charge in [0.05, 0.1) is 0 Å². The molecule has 0 saturated carbocycles. The Morgan fingerprint density at radius 2 is 0.854 bits per heavy atom. The van der Waals surface area contributed by atoms with Crippen molar-refractivity contribution in [1.82, 2.24) is 4.48 Å². The van der Waals surface area contributed by atoms with Crippen LogP contribution in [-0.4, -0.2) is 19.4 Å². The highest BCUT2D eigenvalue weighted by molar-refractivity contribution is 7.11. The fraction of sp³-hybridized carbons (Fsp3) is 0.0526. The van der Waals surface area contributed by atoms with E-state index < -0.39 is 8.07 Å². The molecule has 6 aromatic carbocycles. The first-order valence-corrected chi connectivity index (χ1v) is 17.5. The Hall–Kier alpha value is -4.60. The zero-order chi connectivity index (χ0) is 27.6. The quantitative estimate of drug-likeness (QED) is 0.215. The number of hydrogen-bond donors (Lipinski definition) is 0. The number of para-hydroxylation sites is 2. The fourth-order valence-corrected chi connectivity index (χ4v) is 10.5. The van der Waals surface area contributed by atoms with Crippen LogP contribution in [-0.2, 0) is 0 Å². The van der Waals surface area contributed by atoms with Crippen molar-refractivity contribution in [3.05, 3.63) is 146 Å². The molecule has 0 saturated heterocycles. The summed E-state index contributed by atoms with van der Waals surface area (Å²) < 4.78 is 2.69. The minimum absolute atomic E-state index is 0.0673. The molecule has 194 valence electrons. The Morgan fingerprint density at radius 1 is 0.439 bits per heavy atom. The van der Waals surface area contributed by atoms with E-state index in [9.17, 15) is 0 Å². The number of benzene rings is 6. The summed E-state index contributed by atoms with van der Waals surface area (Å²) in [6, 6.07) is 53.9. The monoisotopic (exact) mass is 539 g/mol. The van der Waals surface area contributed by atoms with Crippen molar-refractivity contribution in [2.45, 2.75) is 13.1 Å². The van der Waals surface area contributed by atoms with E-state index in [1.807, 2.05) is 0 Å². The lowest BCUT2D eigenvalue weighted by Gasteiger charge is -2.38. The lowest BCUT2D eigenvalue weighted by atomic mass is 9.49. The smallest absolute Gasteiger partial charge is 0.328 e. The summed E-state index contributed by atoms with van der Waals surface area (Å²) >= 11 is 0. The Labute approximate surface area is 242 Å². The van der Waals surface area contributed by atoms with Crippen molar-refractivity contribution in [3.8, 4) is 22.3 Å². The maximum absolute atomic E-state index is 2.69. The highest BCUT2D eigenvalue weighted by atomic mass is 28.3. The SMILES string of the molecule is C[Si]1(C)c2ccccc2B(n2c3c(-c4ccccc4)cccc3c3cccc(-c4ccccc4)c32)c2ccccc21. The van der Waals surface area contributed by atoms with Gasteiger partial charge >= 0.3 is 6.85 Å². The minimum Gasteiger partial charge on any atom is -0.375 e. The Bertz CT molecular complexity index is 1930. The van der Waals surface area contributed by atoms with Crippen LogP contribution < -0.4 is 21.3 Å². The van der Waals surface area contributed by atoms with Gasteiger partial charge in [-0.05, 0) is 11.1 Å². The van der Waals surface area contributed by atoms with Crippen LogP contribution in [0.3, 0.4) is 0 Å². The summed E-state index contributed by atoms with van der Waals surface area (Å²) in [5.41, 5.74) is 10.5. The number of hydrogen-bond acceptors (Lipinski definition) is 0. The van der Waals surface area contributed by atoms with Crippen LogP contribution in [0.1, 0.15) is 0 Å². The molecule has 3 heteroatoms. The van der Waals surface area contributed by atoms with E-state index in [0.29, 0.717) is 0 Å². The first-order chi connectivity index (χ1) is 20.1. The molecule has 8 rings (SSSR count). The van der Waals surface area contributed by atoms with Crippen LogP contribution in [0.2, 0.25) is 13.1 Å². The molecule has 0 amide bonds. The summed E-state index contributed by atoms with van der Waals surface area (Å²) in [4.78, 5) is 0. The van der Waals surface area contributed by atoms with E-state index in [4.69, 9.17) is 0 Å². The summed E-state index contributed by atoms with van der Waals surface area (Å²) in [7, 11) is -1.89. The molecule has 41 heavy (non-hydrogen) atoms. The average Bonchev–Trinajstić information content (AvgIpc) is 3.37. The second-order valence-corrected chi connectivity index (χ2v) is 16.0. The van der Waals surface area contributed by atoms with Gasteiger partial charge in [0.15, 0.2) is 0 Å². The third-order valence-corrected chi connectivity index (χ3v) is 12.7. The van der Waals surface area contributed by atoms with Crippen molar-refractivity contribution >= 4 is 58.0 Å². The van der Waals surface area contributed by atoms with E-state index in [1.54, 1.807) is 0 Å². The molecule has 0 bridgehead atoms. The van der Waals surface area contributed by atoms with Crippen LogP contribution in [0.25, 0.3) is 44.1 Å². The molecule has 7 aromatic rings. The molecule has 1 aliphatic heterocycles. The van der Waals surface area contributed by atoms with Gasteiger partial charge in [-0.3, -0.25) is 0 Å². The molecule has 0 atom stereocenters. The van der Waals surface area contributed by atoms with E-state index in [0.717, 1.165) is 0 Å². The largest absolute Gasteiger partial charge is 0.375 e. The molecule has 1 aromatic heterocycles. The second kappa shape index (κ2) is 9.22. The predicted octanol–water partition coefficient (Wildman–Crippen LogP) is 6.92. The Kier molecular flexibility index (Phi) is 5.45. The van der Waals surface area contributed by atoms with Crippen molar-refractivity contribution in [2.24, 2.45) is 0 Å². The second-order valence-electron chi connectivity index (χ2n) is 11.7. The standard InChI is InChI=1S/C38H30BNSi/c1-41(2)35-25-11-9-23-33(35)39(34-24-10-12-26-36(34)41)40-37-29(27-15-5-3-6-16-27)19-13-21-31(37)32-22-14-20-30(38(32)40)28-17-7-4-8-18-28/h3-26H,1-2H3. The van der Waals surface area contributed by atoms with Gasteiger partial charge in [-0.2, -0.15) is 0 Å². The minimum atomic E-state index is -1.89. The summed E-state index contributed by atoms with van der Waals surface area (Å²) in [5.74, 6) is 0. The van der Waals surface area contributed by atoms with Crippen molar-refractivity contribution in [3.63, 3.8) is 0 Å². The fourth-order valence-electron chi connectivity index (χ4n) is 7.31. The van der Waals surface area contributed by atoms with Gasteiger partial charge in [-0.15, -0.1) is 0 Å². The normalized spacial score (nSPS) is 13.8. The number of nitrogens with zero attached hydrogens (tertiary/aromatic N) is 1. The van der Waals surface area contributed by atoms with Crippen LogP contribution in [0.5, 0.6) is 0 Å². The van der Waals surface area contributed by atoms with Gasteiger partial charge in [-0.1, -0.05) is 180 Å². The third-order valence-electron chi connectivity index (χ3n) is 9.13. The summed E-state index contributed by atoms with van der Waals surface area (Å²) in [6.07, 6.45) is 0. The van der Waals surface area contributed by atoms with Gasteiger partial charge < -0.3 is 4.48 Å². The van der Waals surface area contributed by atoms with Crippen LogP contribution in [0.15, 0.2) is 146 Å². The lowest BCUT2D eigenvalue weighted by Crippen LogP contribution is -2.75. The van der Waals surface area contributed by atoms with Gasteiger partial charge in [0, 0.05) is 32.9 Å². The van der Waals surface area contributed by atoms with Crippen molar-refractivity contribution < 1.29 is 0 Å². The van der Waals surface area contributed by atoms with Gasteiger partial charge in [0.1, 0.15) is 8.07 Å². The summed E-state index contributed by atoms with van der Waals surface area (Å²) in [6.45, 7) is 5.09. The maximum Gasteiger partial charge on any atom is 0.328 e. The lowest BCUT2D eigenvalue weighted by molar-refractivity contribution is 1.34. The molecule has 0 aliphatic carbocycles. The zero-order valence-corrected chi connectivity index (χ0v) is 24.4. The van der Waals surface area contributed by atoms with Crippen LogP contribution in [0, 0.1) is 0 Å². The van der Waals surface area contributed by atoms with Gasteiger partial charge in [0.25, 0.3) is 0 Å². The number of fused-ring (bicyclic) bond motifs is 5. The third kappa shape index (κ3) is 3.56. The van der Waals surface area contributed by atoms with E-state index in [2.05, 4.69) is 163 Å². The topological polar surface area (TPSA) is 4.93 Å². The maximum atomic E-state index is 2.69. The van der Waals surface area contributed by atoms with E-state index >= 15 is 0 Å². The first kappa shape index (κ1) is 24.2. The molecule has 0 spiro atoms.